The van der Waals surface area contributed by atoms with Gasteiger partial charge in [0.15, 0.2) is 11.5 Å². The van der Waals surface area contributed by atoms with Crippen molar-refractivity contribution in [3.8, 4) is 11.5 Å². The van der Waals surface area contributed by atoms with Crippen molar-refractivity contribution in [1.82, 2.24) is 0 Å². The third kappa shape index (κ3) is 2.55. The van der Waals surface area contributed by atoms with Gasteiger partial charge in [-0.05, 0) is 6.92 Å². The molecule has 0 saturated carbocycles. The number of carbonyl (C=O) groups is 1. The molecule has 0 aliphatic carbocycles. The number of esters is 1. The van der Waals surface area contributed by atoms with Gasteiger partial charge in [-0.15, -0.1) is 0 Å². The number of hydrogen-bond donors (Lipinski definition) is 1. The molecule has 0 spiro atoms. The zero-order chi connectivity index (χ0) is 13.0. The molecule has 5 nitrogen and oxygen atoms in total. The maximum absolute atomic E-state index is 11.8. The first-order valence-electron chi connectivity index (χ1n) is 4.93. The van der Waals surface area contributed by atoms with E-state index in [0.717, 1.165) is 0 Å². The topological polar surface area (TPSA) is 70.8 Å². The van der Waals surface area contributed by atoms with E-state index in [-0.39, 0.29) is 28.6 Å². The SMILES string of the molecule is CCOC(=O)c1c(N)c(Cl)cc(OC)c1OC. The summed E-state index contributed by atoms with van der Waals surface area (Å²) in [5, 5.41) is 0.214. The number of methoxy groups -OCH3 is 2. The Morgan fingerprint density at radius 3 is 2.53 bits per heavy atom. The lowest BCUT2D eigenvalue weighted by molar-refractivity contribution is 0.0523. The van der Waals surface area contributed by atoms with Gasteiger partial charge in [0.1, 0.15) is 5.56 Å². The van der Waals surface area contributed by atoms with Crippen molar-refractivity contribution in [3.05, 3.63) is 16.7 Å². The fourth-order valence-corrected chi connectivity index (χ4v) is 1.58. The van der Waals surface area contributed by atoms with Gasteiger partial charge in [-0.2, -0.15) is 0 Å². The fraction of sp³-hybridized carbons (Fsp3) is 0.364. The Bertz CT molecular complexity index is 434. The van der Waals surface area contributed by atoms with E-state index in [1.165, 1.54) is 20.3 Å². The normalized spacial score (nSPS) is 9.88. The second-order valence-electron chi connectivity index (χ2n) is 3.10. The Morgan fingerprint density at radius 2 is 2.06 bits per heavy atom. The molecule has 2 N–H and O–H groups in total. The van der Waals surface area contributed by atoms with Crippen LogP contribution in [0.3, 0.4) is 0 Å². The van der Waals surface area contributed by atoms with Crippen LogP contribution in [0.2, 0.25) is 5.02 Å². The number of halogens is 1. The summed E-state index contributed by atoms with van der Waals surface area (Å²) in [6, 6.07) is 1.48. The van der Waals surface area contributed by atoms with E-state index in [1.54, 1.807) is 6.92 Å². The number of rotatable bonds is 4. The highest BCUT2D eigenvalue weighted by Gasteiger charge is 2.23. The zero-order valence-electron chi connectivity index (χ0n) is 9.87. The molecule has 0 amide bonds. The highest BCUT2D eigenvalue weighted by Crippen LogP contribution is 2.40. The monoisotopic (exact) mass is 259 g/mol. The van der Waals surface area contributed by atoms with E-state index in [9.17, 15) is 4.79 Å². The molecule has 0 bridgehead atoms. The predicted molar refractivity (Wildman–Crippen MR) is 64.9 cm³/mol. The third-order valence-corrected chi connectivity index (χ3v) is 2.45. The van der Waals surface area contributed by atoms with Gasteiger partial charge in [-0.1, -0.05) is 11.6 Å². The van der Waals surface area contributed by atoms with Gasteiger partial charge < -0.3 is 19.9 Å². The molecule has 1 aromatic rings. The van der Waals surface area contributed by atoms with Crippen molar-refractivity contribution >= 4 is 23.3 Å². The standard InChI is InChI=1S/C11H14ClNO4/c1-4-17-11(14)8-9(13)6(12)5-7(15-2)10(8)16-3/h5H,4,13H2,1-3H3. The van der Waals surface area contributed by atoms with E-state index in [4.69, 9.17) is 31.5 Å². The van der Waals surface area contributed by atoms with Crippen LogP contribution in [-0.4, -0.2) is 26.8 Å². The second kappa shape index (κ2) is 5.63. The molecule has 0 aromatic heterocycles. The molecular formula is C11H14ClNO4. The molecule has 0 aliphatic heterocycles. The molecule has 0 unspecified atom stereocenters. The molecule has 17 heavy (non-hydrogen) atoms. The van der Waals surface area contributed by atoms with Crippen LogP contribution in [0.1, 0.15) is 17.3 Å². The summed E-state index contributed by atoms with van der Waals surface area (Å²) in [5.41, 5.74) is 5.94. The van der Waals surface area contributed by atoms with Crippen LogP contribution in [0, 0.1) is 0 Å². The van der Waals surface area contributed by atoms with Gasteiger partial charge in [0.25, 0.3) is 0 Å². The largest absolute Gasteiger partial charge is 0.493 e. The van der Waals surface area contributed by atoms with Crippen molar-refractivity contribution < 1.29 is 19.0 Å². The summed E-state index contributed by atoms with van der Waals surface area (Å²) >= 11 is 5.90. The fourth-order valence-electron chi connectivity index (χ4n) is 1.38. The maximum atomic E-state index is 11.8. The molecule has 0 fully saturated rings. The summed E-state index contributed by atoms with van der Waals surface area (Å²) < 4.78 is 15.1. The minimum absolute atomic E-state index is 0.0821. The number of nitrogen functional groups attached to an aromatic ring is 1. The van der Waals surface area contributed by atoms with E-state index in [1.807, 2.05) is 0 Å². The Balaban J connectivity index is 3.43. The highest BCUT2D eigenvalue weighted by atomic mass is 35.5. The first kappa shape index (κ1) is 13.4. The maximum Gasteiger partial charge on any atom is 0.344 e. The van der Waals surface area contributed by atoms with Crippen molar-refractivity contribution in [2.24, 2.45) is 0 Å². The molecule has 0 radical (unpaired) electrons. The Kier molecular flexibility index (Phi) is 4.45. The number of nitrogens with two attached hydrogens (primary N) is 1. The molecule has 1 aromatic carbocycles. The number of anilines is 1. The van der Waals surface area contributed by atoms with Gasteiger partial charge in [0.2, 0.25) is 0 Å². The van der Waals surface area contributed by atoms with Crippen molar-refractivity contribution in [1.29, 1.82) is 0 Å². The van der Waals surface area contributed by atoms with Crippen molar-refractivity contribution in [2.75, 3.05) is 26.6 Å². The highest BCUT2D eigenvalue weighted by molar-refractivity contribution is 6.34. The van der Waals surface area contributed by atoms with Crippen LogP contribution >= 0.6 is 11.6 Å². The smallest absolute Gasteiger partial charge is 0.344 e. The van der Waals surface area contributed by atoms with Crippen molar-refractivity contribution in [2.45, 2.75) is 6.92 Å². The lowest BCUT2D eigenvalue weighted by atomic mass is 10.1. The quantitative estimate of drug-likeness (QED) is 0.662. The average Bonchev–Trinajstić information content (AvgIpc) is 2.31. The molecule has 94 valence electrons. The van der Waals surface area contributed by atoms with E-state index in [0.29, 0.717) is 5.75 Å². The van der Waals surface area contributed by atoms with Gasteiger partial charge in [-0.25, -0.2) is 4.79 Å². The number of carbonyl (C=O) groups excluding carboxylic acids is 1. The van der Waals surface area contributed by atoms with Gasteiger partial charge in [0.05, 0.1) is 31.5 Å². The lowest BCUT2D eigenvalue weighted by Gasteiger charge is -2.15. The second-order valence-corrected chi connectivity index (χ2v) is 3.51. The van der Waals surface area contributed by atoms with Gasteiger partial charge in [0, 0.05) is 6.07 Å². The molecular weight excluding hydrogens is 246 g/mol. The van der Waals surface area contributed by atoms with E-state index < -0.39 is 5.97 Å². The van der Waals surface area contributed by atoms with Crippen LogP contribution in [0.4, 0.5) is 5.69 Å². The predicted octanol–water partition coefficient (Wildman–Crippen LogP) is 2.12. The molecule has 1 rings (SSSR count). The number of benzene rings is 1. The molecule has 0 heterocycles. The summed E-state index contributed by atoms with van der Waals surface area (Å²) in [5.74, 6) is -0.0507. The van der Waals surface area contributed by atoms with Gasteiger partial charge >= 0.3 is 5.97 Å². The summed E-state index contributed by atoms with van der Waals surface area (Å²) in [6.07, 6.45) is 0. The Hall–Kier alpha value is -1.62. The molecule has 0 saturated heterocycles. The van der Waals surface area contributed by atoms with Crippen LogP contribution in [0.25, 0.3) is 0 Å². The van der Waals surface area contributed by atoms with Gasteiger partial charge in [-0.3, -0.25) is 0 Å². The minimum Gasteiger partial charge on any atom is -0.493 e. The number of ether oxygens (including phenoxy) is 3. The van der Waals surface area contributed by atoms with Crippen LogP contribution in [0.5, 0.6) is 11.5 Å². The number of hydrogen-bond acceptors (Lipinski definition) is 5. The van der Waals surface area contributed by atoms with E-state index in [2.05, 4.69) is 0 Å². The molecule has 0 atom stereocenters. The molecule has 0 aliphatic rings. The van der Waals surface area contributed by atoms with Crippen LogP contribution < -0.4 is 15.2 Å². The summed E-state index contributed by atoms with van der Waals surface area (Å²) in [7, 11) is 2.85. The Labute approximate surface area is 104 Å². The van der Waals surface area contributed by atoms with Crippen molar-refractivity contribution in [3.63, 3.8) is 0 Å². The van der Waals surface area contributed by atoms with Crippen LogP contribution in [-0.2, 0) is 4.74 Å². The molecule has 6 heteroatoms. The van der Waals surface area contributed by atoms with Crippen LogP contribution in [0.15, 0.2) is 6.07 Å². The first-order valence-corrected chi connectivity index (χ1v) is 5.31. The third-order valence-electron chi connectivity index (χ3n) is 2.14. The first-order chi connectivity index (χ1) is 8.06. The zero-order valence-corrected chi connectivity index (χ0v) is 10.6. The lowest BCUT2D eigenvalue weighted by Crippen LogP contribution is -2.11. The summed E-state index contributed by atoms with van der Waals surface area (Å²) in [6.45, 7) is 1.93. The Morgan fingerprint density at radius 1 is 1.41 bits per heavy atom. The average molecular weight is 260 g/mol. The van der Waals surface area contributed by atoms with E-state index >= 15 is 0 Å². The summed E-state index contributed by atoms with van der Waals surface area (Å²) in [4.78, 5) is 11.8. The minimum atomic E-state index is -0.595.